The van der Waals surface area contributed by atoms with Gasteiger partial charge in [-0.2, -0.15) is 0 Å². The van der Waals surface area contributed by atoms with Gasteiger partial charge < -0.3 is 19.5 Å². The van der Waals surface area contributed by atoms with Gasteiger partial charge in [-0.15, -0.1) is 9.24 Å². The third kappa shape index (κ3) is 3.86. The minimum Gasteiger partial charge on any atom is -0.380 e. The number of rotatable bonds is 6. The van der Waals surface area contributed by atoms with Crippen LogP contribution in [0.3, 0.4) is 0 Å². The Balaban J connectivity index is 1.89. The van der Waals surface area contributed by atoms with Gasteiger partial charge in [0.1, 0.15) is 6.04 Å². The van der Waals surface area contributed by atoms with E-state index in [4.69, 9.17) is 14.2 Å². The fourth-order valence-electron chi connectivity index (χ4n) is 2.38. The van der Waals surface area contributed by atoms with E-state index >= 15 is 0 Å². The van der Waals surface area contributed by atoms with Crippen molar-refractivity contribution >= 4 is 15.1 Å². The summed E-state index contributed by atoms with van der Waals surface area (Å²) in [5, 5.41) is 6.09. The Morgan fingerprint density at radius 2 is 2.16 bits per heavy atom. The Morgan fingerprint density at radius 1 is 1.42 bits per heavy atom. The van der Waals surface area contributed by atoms with E-state index in [-0.39, 0.29) is 24.8 Å². The first-order valence-electron chi connectivity index (χ1n) is 6.70. The molecule has 5 atom stereocenters. The molecule has 2 fully saturated rings. The van der Waals surface area contributed by atoms with Crippen LogP contribution in [0.4, 0.5) is 0 Å². The highest BCUT2D eigenvalue weighted by Gasteiger charge is 2.34. The molecule has 1 saturated carbocycles. The molecule has 2 N–H and O–H groups in total. The monoisotopic (exact) mass is 290 g/mol. The van der Waals surface area contributed by atoms with Crippen LogP contribution in [0.15, 0.2) is 0 Å². The van der Waals surface area contributed by atoms with Gasteiger partial charge in [0.05, 0.1) is 6.10 Å². The number of nitrogens with one attached hydrogen (secondary N) is 2. The zero-order valence-electron chi connectivity index (χ0n) is 11.4. The molecule has 0 radical (unpaired) electrons. The van der Waals surface area contributed by atoms with E-state index in [0.717, 1.165) is 19.3 Å². The number of hydrogen-bond acceptors (Lipinski definition) is 5. The Morgan fingerprint density at radius 3 is 2.63 bits per heavy atom. The van der Waals surface area contributed by atoms with Crippen molar-refractivity contribution in [2.24, 2.45) is 0 Å². The molecule has 0 aromatic heterocycles. The summed E-state index contributed by atoms with van der Waals surface area (Å²) in [6, 6.07) is -0.248. The van der Waals surface area contributed by atoms with Crippen molar-refractivity contribution in [3.63, 3.8) is 0 Å². The zero-order valence-corrected chi connectivity index (χ0v) is 12.6. The van der Waals surface area contributed by atoms with Crippen molar-refractivity contribution in [2.45, 2.75) is 56.4 Å². The fraction of sp³-hybridized carbons (Fsp3) is 0.917. The quantitative estimate of drug-likeness (QED) is 0.683. The summed E-state index contributed by atoms with van der Waals surface area (Å²) in [5.74, 6) is -0.0622. The molecule has 1 aliphatic carbocycles. The van der Waals surface area contributed by atoms with Crippen LogP contribution in [0.2, 0.25) is 0 Å². The number of ether oxygens (including phenoxy) is 3. The highest BCUT2D eigenvalue weighted by atomic mass is 31.0. The van der Waals surface area contributed by atoms with Crippen molar-refractivity contribution in [2.75, 3.05) is 13.9 Å². The highest BCUT2D eigenvalue weighted by Crippen LogP contribution is 2.25. The largest absolute Gasteiger partial charge is 0.380 e. The summed E-state index contributed by atoms with van der Waals surface area (Å²) >= 11 is 0. The summed E-state index contributed by atoms with van der Waals surface area (Å²) in [5.41, 5.74) is 0.457. The van der Waals surface area contributed by atoms with Crippen molar-refractivity contribution in [3.8, 4) is 0 Å². The second kappa shape index (κ2) is 6.95. The van der Waals surface area contributed by atoms with E-state index in [9.17, 15) is 4.79 Å². The van der Waals surface area contributed by atoms with Gasteiger partial charge in [0.15, 0.2) is 6.79 Å². The van der Waals surface area contributed by atoms with Crippen LogP contribution in [0.25, 0.3) is 0 Å². The fourth-order valence-corrected chi connectivity index (χ4v) is 2.90. The van der Waals surface area contributed by atoms with Crippen LogP contribution in [0.1, 0.15) is 26.2 Å². The number of methoxy groups -OCH3 is 1. The van der Waals surface area contributed by atoms with E-state index in [1.807, 2.05) is 6.92 Å². The first-order valence-corrected chi connectivity index (χ1v) is 7.36. The summed E-state index contributed by atoms with van der Waals surface area (Å²) in [6.07, 6.45) is 2.57. The molecular weight excluding hydrogens is 267 g/mol. The van der Waals surface area contributed by atoms with E-state index < -0.39 is 12.5 Å². The second-order valence-corrected chi connectivity index (χ2v) is 5.93. The van der Waals surface area contributed by atoms with E-state index in [2.05, 4.69) is 19.9 Å². The van der Waals surface area contributed by atoms with E-state index in [0.29, 0.717) is 5.66 Å². The van der Waals surface area contributed by atoms with Gasteiger partial charge in [-0.05, 0) is 25.4 Å². The van der Waals surface area contributed by atoms with Crippen LogP contribution in [-0.4, -0.2) is 50.1 Å². The zero-order chi connectivity index (χ0) is 13.8. The van der Waals surface area contributed by atoms with Crippen LogP contribution in [0.5, 0.6) is 0 Å². The normalized spacial score (nSPS) is 30.7. The lowest BCUT2D eigenvalue weighted by Gasteiger charge is -2.33. The minimum atomic E-state index is -0.510. The van der Waals surface area contributed by atoms with Gasteiger partial charge in [0.2, 0.25) is 12.3 Å². The van der Waals surface area contributed by atoms with Crippen molar-refractivity contribution in [3.05, 3.63) is 0 Å². The molecule has 2 rings (SSSR count). The molecule has 7 heteroatoms. The topological polar surface area (TPSA) is 68.8 Å². The smallest absolute Gasteiger partial charge is 0.240 e. The second-order valence-electron chi connectivity index (χ2n) is 5.08. The molecule has 0 aromatic rings. The van der Waals surface area contributed by atoms with Gasteiger partial charge in [-0.25, -0.2) is 0 Å². The van der Waals surface area contributed by atoms with Gasteiger partial charge >= 0.3 is 0 Å². The molecule has 2 unspecified atom stereocenters. The van der Waals surface area contributed by atoms with Gasteiger partial charge in [-0.1, -0.05) is 6.42 Å². The average Bonchev–Trinajstić information content (AvgIpc) is 2.72. The van der Waals surface area contributed by atoms with Gasteiger partial charge in [0.25, 0.3) is 0 Å². The molecule has 1 aliphatic heterocycles. The maximum Gasteiger partial charge on any atom is 0.240 e. The number of hydrogen-bond donors (Lipinski definition) is 2. The number of carbonyl (C=O) groups is 1. The lowest BCUT2D eigenvalue weighted by Crippen LogP contribution is -2.59. The molecule has 6 nitrogen and oxygen atoms in total. The van der Waals surface area contributed by atoms with Crippen LogP contribution in [-0.2, 0) is 19.0 Å². The van der Waals surface area contributed by atoms with Gasteiger partial charge in [0, 0.05) is 13.2 Å². The Hall–Kier alpha value is -0.260. The molecule has 1 amide bonds. The molecule has 1 heterocycles. The number of amides is 1. The predicted octanol–water partition coefficient (Wildman–Crippen LogP) is 0.180. The maximum atomic E-state index is 12.3. The Labute approximate surface area is 116 Å². The van der Waals surface area contributed by atoms with Crippen molar-refractivity contribution in [1.82, 2.24) is 10.6 Å². The molecule has 110 valence electrons. The van der Waals surface area contributed by atoms with Crippen LogP contribution >= 0.6 is 9.24 Å². The van der Waals surface area contributed by atoms with Crippen LogP contribution < -0.4 is 10.6 Å². The summed E-state index contributed by atoms with van der Waals surface area (Å²) in [6.45, 7) is 2.12. The highest BCUT2D eigenvalue weighted by molar-refractivity contribution is 7.17. The SMILES string of the molecule is CO[C@H](C)[C@H](NC1OCO1)C(=O)N[C@H]1CCCC1P. The molecule has 19 heavy (non-hydrogen) atoms. The number of carbonyl (C=O) groups excluding carboxylic acids is 1. The third-order valence-corrected chi connectivity index (χ3v) is 4.57. The standard InChI is InChI=1S/C12H23N2O4P/c1-7(16-2)10(14-12-17-6-18-12)11(15)13-8-4-3-5-9(8)19/h7-10,12,14H,3-6,19H2,1-2H3,(H,13,15)/t7-,8+,9?,10+/m1/s1. The molecule has 2 aliphatic rings. The minimum absolute atomic E-state index is 0.0622. The maximum absolute atomic E-state index is 12.3. The lowest BCUT2D eigenvalue weighted by atomic mass is 10.1. The first-order chi connectivity index (χ1) is 9.11. The average molecular weight is 290 g/mol. The predicted molar refractivity (Wildman–Crippen MR) is 73.5 cm³/mol. The lowest BCUT2D eigenvalue weighted by molar-refractivity contribution is -0.336. The Kier molecular flexibility index (Phi) is 5.54. The Bertz CT molecular complexity index is 314. The molecule has 0 spiro atoms. The first kappa shape index (κ1) is 15.1. The van der Waals surface area contributed by atoms with Crippen molar-refractivity contribution < 1.29 is 19.0 Å². The molecule has 1 saturated heterocycles. The summed E-state index contributed by atoms with van der Waals surface area (Å²) in [7, 11) is 4.40. The third-order valence-electron chi connectivity index (χ3n) is 3.78. The molecule has 0 bridgehead atoms. The summed E-state index contributed by atoms with van der Waals surface area (Å²) in [4.78, 5) is 12.3. The van der Waals surface area contributed by atoms with Crippen molar-refractivity contribution in [1.29, 1.82) is 0 Å². The van der Waals surface area contributed by atoms with Gasteiger partial charge in [-0.3, -0.25) is 10.1 Å². The van der Waals surface area contributed by atoms with Crippen LogP contribution in [0, 0.1) is 0 Å². The summed E-state index contributed by atoms with van der Waals surface area (Å²) < 4.78 is 15.5. The molecular formula is C12H23N2O4P. The molecule has 0 aromatic carbocycles. The van der Waals surface area contributed by atoms with E-state index in [1.54, 1.807) is 7.11 Å². The van der Waals surface area contributed by atoms with E-state index in [1.165, 1.54) is 0 Å².